The molecular formula is C13H24N4O2S. The minimum Gasteiger partial charge on any atom is -0.370 e. The van der Waals surface area contributed by atoms with E-state index in [2.05, 4.69) is 27.5 Å². The Balaban J connectivity index is 2.70. The number of anilines is 2. The molecule has 0 aliphatic carbocycles. The van der Waals surface area contributed by atoms with Crippen molar-refractivity contribution in [3.05, 3.63) is 11.9 Å². The lowest BCUT2D eigenvalue weighted by atomic mass is 10.1. The van der Waals surface area contributed by atoms with Gasteiger partial charge in [0.15, 0.2) is 0 Å². The first-order valence-electron chi connectivity index (χ1n) is 6.97. The monoisotopic (exact) mass is 300 g/mol. The second kappa shape index (κ2) is 8.04. The lowest BCUT2D eigenvalue weighted by molar-refractivity contribution is 0.600. The number of nitrogens with zero attached hydrogens (tertiary/aromatic N) is 2. The molecule has 0 saturated carbocycles. The molecule has 0 unspecified atom stereocenters. The smallest absolute Gasteiger partial charge is 0.147 e. The van der Waals surface area contributed by atoms with Crippen LogP contribution in [-0.2, 0) is 16.3 Å². The molecule has 0 radical (unpaired) electrons. The highest BCUT2D eigenvalue weighted by atomic mass is 32.2. The summed E-state index contributed by atoms with van der Waals surface area (Å²) in [6, 6.07) is 0. The highest BCUT2D eigenvalue weighted by molar-refractivity contribution is 7.90. The zero-order valence-electron chi connectivity index (χ0n) is 12.4. The van der Waals surface area contributed by atoms with E-state index in [0.717, 1.165) is 36.6 Å². The van der Waals surface area contributed by atoms with Crippen LogP contribution in [0.5, 0.6) is 0 Å². The van der Waals surface area contributed by atoms with Crippen molar-refractivity contribution in [3.63, 3.8) is 0 Å². The highest BCUT2D eigenvalue weighted by Crippen LogP contribution is 2.21. The van der Waals surface area contributed by atoms with E-state index in [9.17, 15) is 8.42 Å². The Morgan fingerprint density at radius 3 is 2.35 bits per heavy atom. The predicted octanol–water partition coefficient (Wildman–Crippen LogP) is 1.71. The second-order valence-corrected chi connectivity index (χ2v) is 7.00. The largest absolute Gasteiger partial charge is 0.370 e. The number of hydrogen-bond donors (Lipinski definition) is 2. The molecule has 0 spiro atoms. The molecule has 0 saturated heterocycles. The van der Waals surface area contributed by atoms with Gasteiger partial charge in [0.1, 0.15) is 27.8 Å². The van der Waals surface area contributed by atoms with Crippen LogP contribution in [0.15, 0.2) is 6.33 Å². The quantitative estimate of drug-likeness (QED) is 0.675. The summed E-state index contributed by atoms with van der Waals surface area (Å²) >= 11 is 0. The van der Waals surface area contributed by atoms with Crippen molar-refractivity contribution >= 4 is 21.5 Å². The van der Waals surface area contributed by atoms with Gasteiger partial charge in [-0.2, -0.15) is 0 Å². The van der Waals surface area contributed by atoms with E-state index in [1.54, 1.807) is 0 Å². The molecule has 0 fully saturated rings. The summed E-state index contributed by atoms with van der Waals surface area (Å²) in [6.07, 6.45) is 5.24. The molecule has 0 aliphatic heterocycles. The van der Waals surface area contributed by atoms with Crippen molar-refractivity contribution in [1.82, 2.24) is 9.97 Å². The van der Waals surface area contributed by atoms with Crippen LogP contribution in [0.3, 0.4) is 0 Å². The van der Waals surface area contributed by atoms with E-state index in [4.69, 9.17) is 0 Å². The fraction of sp³-hybridized carbons (Fsp3) is 0.692. The van der Waals surface area contributed by atoms with Crippen LogP contribution in [0.25, 0.3) is 0 Å². The van der Waals surface area contributed by atoms with E-state index in [-0.39, 0.29) is 5.75 Å². The molecule has 2 N–H and O–H groups in total. The fourth-order valence-electron chi connectivity index (χ4n) is 1.91. The van der Waals surface area contributed by atoms with Crippen molar-refractivity contribution in [2.75, 3.05) is 35.7 Å². The first-order chi connectivity index (χ1) is 9.48. The third-order valence-corrected chi connectivity index (χ3v) is 3.80. The summed E-state index contributed by atoms with van der Waals surface area (Å²) in [5.41, 5.74) is 1.07. The summed E-state index contributed by atoms with van der Waals surface area (Å²) in [4.78, 5) is 8.52. The number of nitrogens with one attached hydrogen (secondary N) is 2. The molecule has 114 valence electrons. The fourth-order valence-corrected chi connectivity index (χ4v) is 2.58. The van der Waals surface area contributed by atoms with Gasteiger partial charge in [-0.05, 0) is 19.8 Å². The predicted molar refractivity (Wildman–Crippen MR) is 83.0 cm³/mol. The Hall–Kier alpha value is -1.37. The van der Waals surface area contributed by atoms with E-state index in [1.807, 2.05) is 6.92 Å². The SMILES string of the molecule is CCCc1c(NCC)ncnc1NCCCS(C)(=O)=O. The van der Waals surface area contributed by atoms with Crippen molar-refractivity contribution in [2.45, 2.75) is 33.1 Å². The zero-order chi connectivity index (χ0) is 15.0. The second-order valence-electron chi connectivity index (χ2n) is 4.74. The van der Waals surface area contributed by atoms with Crippen molar-refractivity contribution in [1.29, 1.82) is 0 Å². The van der Waals surface area contributed by atoms with Gasteiger partial charge in [-0.15, -0.1) is 0 Å². The average molecular weight is 300 g/mol. The number of aromatic nitrogens is 2. The Morgan fingerprint density at radius 2 is 1.80 bits per heavy atom. The van der Waals surface area contributed by atoms with Crippen LogP contribution in [-0.4, -0.2) is 43.5 Å². The molecule has 0 amide bonds. The maximum Gasteiger partial charge on any atom is 0.147 e. The molecule has 7 heteroatoms. The van der Waals surface area contributed by atoms with Crippen LogP contribution in [0.4, 0.5) is 11.6 Å². The Kier molecular flexibility index (Phi) is 6.70. The Labute approximate surface area is 121 Å². The van der Waals surface area contributed by atoms with E-state index < -0.39 is 9.84 Å². The number of hydrogen-bond acceptors (Lipinski definition) is 6. The van der Waals surface area contributed by atoms with Crippen LogP contribution < -0.4 is 10.6 Å². The minimum atomic E-state index is -2.90. The third kappa shape index (κ3) is 5.73. The van der Waals surface area contributed by atoms with Crippen LogP contribution >= 0.6 is 0 Å². The van der Waals surface area contributed by atoms with Gasteiger partial charge in [0.2, 0.25) is 0 Å². The molecule has 1 heterocycles. The lowest BCUT2D eigenvalue weighted by Gasteiger charge is -2.14. The molecule has 0 aliphatic rings. The normalized spacial score (nSPS) is 11.3. The van der Waals surface area contributed by atoms with Crippen molar-refractivity contribution < 1.29 is 8.42 Å². The standard InChI is InChI=1S/C13H24N4O2S/c1-4-7-11-12(14-5-2)16-10-17-13(11)15-8-6-9-20(3,18)19/h10H,4-9H2,1-3H3,(H2,14,15,16,17). The molecule has 20 heavy (non-hydrogen) atoms. The van der Waals surface area contributed by atoms with Gasteiger partial charge in [-0.3, -0.25) is 0 Å². The van der Waals surface area contributed by atoms with Crippen LogP contribution in [0.1, 0.15) is 32.3 Å². The maximum absolute atomic E-state index is 11.1. The van der Waals surface area contributed by atoms with Gasteiger partial charge >= 0.3 is 0 Å². The molecule has 0 bridgehead atoms. The van der Waals surface area contributed by atoms with Gasteiger partial charge in [-0.1, -0.05) is 13.3 Å². The van der Waals surface area contributed by atoms with Crippen LogP contribution in [0, 0.1) is 0 Å². The minimum absolute atomic E-state index is 0.189. The zero-order valence-corrected chi connectivity index (χ0v) is 13.3. The van der Waals surface area contributed by atoms with Gasteiger partial charge < -0.3 is 10.6 Å². The molecule has 6 nitrogen and oxygen atoms in total. The van der Waals surface area contributed by atoms with Gasteiger partial charge in [0.05, 0.1) is 5.75 Å². The van der Waals surface area contributed by atoms with Gasteiger partial charge in [0.25, 0.3) is 0 Å². The van der Waals surface area contributed by atoms with Gasteiger partial charge in [0, 0.05) is 24.9 Å². The Bertz CT molecular complexity index is 517. The first kappa shape index (κ1) is 16.7. The number of sulfone groups is 1. The molecule has 1 aromatic rings. The third-order valence-electron chi connectivity index (χ3n) is 2.77. The summed E-state index contributed by atoms with van der Waals surface area (Å²) in [5.74, 6) is 1.84. The Morgan fingerprint density at radius 1 is 1.15 bits per heavy atom. The summed E-state index contributed by atoms with van der Waals surface area (Å²) < 4.78 is 22.2. The van der Waals surface area contributed by atoms with E-state index >= 15 is 0 Å². The topological polar surface area (TPSA) is 84.0 Å². The molecule has 0 atom stereocenters. The lowest BCUT2D eigenvalue weighted by Crippen LogP contribution is -2.13. The van der Waals surface area contributed by atoms with E-state index in [1.165, 1.54) is 12.6 Å². The van der Waals surface area contributed by atoms with Gasteiger partial charge in [-0.25, -0.2) is 18.4 Å². The van der Waals surface area contributed by atoms with Crippen molar-refractivity contribution in [2.24, 2.45) is 0 Å². The molecular weight excluding hydrogens is 276 g/mol. The molecule has 1 aromatic heterocycles. The molecule has 1 rings (SSSR count). The first-order valence-corrected chi connectivity index (χ1v) is 9.03. The summed E-state index contributed by atoms with van der Waals surface area (Å²) in [7, 11) is -2.90. The van der Waals surface area contributed by atoms with Crippen molar-refractivity contribution in [3.8, 4) is 0 Å². The number of rotatable bonds is 9. The highest BCUT2D eigenvalue weighted by Gasteiger charge is 2.10. The summed E-state index contributed by atoms with van der Waals surface area (Å²) in [6.45, 7) is 5.53. The average Bonchev–Trinajstić information content (AvgIpc) is 2.37. The molecule has 0 aromatic carbocycles. The summed E-state index contributed by atoms with van der Waals surface area (Å²) in [5, 5.41) is 6.44. The van der Waals surface area contributed by atoms with Crippen LogP contribution in [0.2, 0.25) is 0 Å². The maximum atomic E-state index is 11.1. The van der Waals surface area contributed by atoms with E-state index in [0.29, 0.717) is 13.0 Å².